The van der Waals surface area contributed by atoms with E-state index in [1.165, 1.54) is 0 Å². The van der Waals surface area contributed by atoms with Crippen molar-refractivity contribution in [2.45, 2.75) is 0 Å². The lowest BCUT2D eigenvalue weighted by atomic mass is 10.2. The van der Waals surface area contributed by atoms with Gasteiger partial charge in [-0.25, -0.2) is 5.10 Å². The van der Waals surface area contributed by atoms with Gasteiger partial charge in [0, 0.05) is 0 Å². The number of H-pyrrole nitrogens is 1. The molecule has 0 radical (unpaired) electrons. The summed E-state index contributed by atoms with van der Waals surface area (Å²) in [6.45, 7) is 0. The maximum absolute atomic E-state index is 12.2. The summed E-state index contributed by atoms with van der Waals surface area (Å²) in [6.07, 6.45) is 0. The van der Waals surface area contributed by atoms with Crippen LogP contribution in [0.5, 0.6) is 0 Å². The molecule has 5 heteroatoms. The second-order valence-electron chi connectivity index (χ2n) is 4.10. The third-order valence-electron chi connectivity index (χ3n) is 2.83. The molecule has 2 aromatic carbocycles. The van der Waals surface area contributed by atoms with Crippen molar-refractivity contribution in [2.24, 2.45) is 0 Å². The fourth-order valence-corrected chi connectivity index (χ4v) is 1.92. The zero-order valence-corrected chi connectivity index (χ0v) is 9.96. The van der Waals surface area contributed by atoms with E-state index in [0.29, 0.717) is 10.8 Å². The molecule has 0 unspecified atom stereocenters. The van der Waals surface area contributed by atoms with E-state index in [9.17, 15) is 9.59 Å². The number of benzene rings is 2. The van der Waals surface area contributed by atoms with Crippen molar-refractivity contribution in [1.82, 2.24) is 9.89 Å². The maximum atomic E-state index is 12.2. The van der Waals surface area contributed by atoms with Gasteiger partial charge in [-0.2, -0.15) is 4.79 Å². The smallest absolute Gasteiger partial charge is 0.277 e. The Labute approximate surface area is 108 Å². The third-order valence-corrected chi connectivity index (χ3v) is 2.83. The van der Waals surface area contributed by atoms with Crippen LogP contribution in [-0.2, 0) is 0 Å². The van der Waals surface area contributed by atoms with E-state index in [-0.39, 0.29) is 11.1 Å². The molecule has 0 fully saturated rings. The summed E-state index contributed by atoms with van der Waals surface area (Å²) in [5, 5.41) is 3.28. The van der Waals surface area contributed by atoms with Crippen LogP contribution in [0.1, 0.15) is 0 Å². The molecule has 19 heavy (non-hydrogen) atoms. The molecule has 0 saturated carbocycles. The zero-order valence-electron chi connectivity index (χ0n) is 9.96. The molecular weight excluding hydrogens is 242 g/mol. The second-order valence-corrected chi connectivity index (χ2v) is 4.10. The second kappa shape index (κ2) is 4.45. The highest BCUT2D eigenvalue weighted by Crippen LogP contribution is 2.05. The van der Waals surface area contributed by atoms with Gasteiger partial charge in [-0.3, -0.25) is 15.0 Å². The molecule has 0 aliphatic rings. The van der Waals surface area contributed by atoms with Gasteiger partial charge in [-0.05, 0) is 24.3 Å². The average molecular weight is 253 g/mol. The molecule has 0 bridgehead atoms. The largest absolute Gasteiger partial charge is 0.292 e. The van der Waals surface area contributed by atoms with Crippen LogP contribution in [0.25, 0.3) is 10.8 Å². The van der Waals surface area contributed by atoms with Crippen LogP contribution in [0.2, 0.25) is 0 Å². The lowest BCUT2D eigenvalue weighted by Crippen LogP contribution is -2.34. The van der Waals surface area contributed by atoms with Crippen LogP contribution < -0.4 is 16.5 Å². The van der Waals surface area contributed by atoms with Gasteiger partial charge in [0.15, 0.2) is 0 Å². The molecule has 3 rings (SSSR count). The van der Waals surface area contributed by atoms with E-state index in [1.54, 1.807) is 36.4 Å². The first-order valence-electron chi connectivity index (χ1n) is 5.82. The molecule has 0 saturated heterocycles. The molecule has 2 N–H and O–H groups in total. The van der Waals surface area contributed by atoms with E-state index in [4.69, 9.17) is 0 Å². The Morgan fingerprint density at radius 2 is 1.47 bits per heavy atom. The molecule has 3 aromatic rings. The predicted molar refractivity (Wildman–Crippen MR) is 74.3 cm³/mol. The van der Waals surface area contributed by atoms with Crippen LogP contribution in [0.3, 0.4) is 0 Å². The lowest BCUT2D eigenvalue weighted by molar-refractivity contribution is 0.736. The van der Waals surface area contributed by atoms with Crippen molar-refractivity contribution in [3.8, 4) is 0 Å². The van der Waals surface area contributed by atoms with E-state index in [1.807, 2.05) is 18.2 Å². The minimum absolute atomic E-state index is 0.293. The Hall–Kier alpha value is -2.82. The number of anilines is 1. The number of hydrogen-bond donors (Lipinski definition) is 2. The van der Waals surface area contributed by atoms with Crippen LogP contribution in [0, 0.1) is 0 Å². The van der Waals surface area contributed by atoms with E-state index in [0.717, 1.165) is 10.5 Å². The van der Waals surface area contributed by atoms with Crippen LogP contribution in [0.15, 0.2) is 64.2 Å². The van der Waals surface area contributed by atoms with Gasteiger partial charge in [0.05, 0.1) is 16.5 Å². The third kappa shape index (κ3) is 2.01. The Bertz CT molecular complexity index is 834. The summed E-state index contributed by atoms with van der Waals surface area (Å²) in [5.74, 6) is 0. The summed E-state index contributed by atoms with van der Waals surface area (Å²) in [4.78, 5) is 25.2. The van der Waals surface area contributed by atoms with Gasteiger partial charge in [0.2, 0.25) is 0 Å². The fraction of sp³-hybridized carbons (Fsp3) is 0. The maximum Gasteiger partial charge on any atom is 0.292 e. The molecule has 0 atom stereocenters. The zero-order chi connectivity index (χ0) is 13.2. The SMILES string of the molecule is O=c1[nH]n(Nc2ccccc2)c(=O)c2ccccc12. The first-order valence-corrected chi connectivity index (χ1v) is 5.82. The van der Waals surface area contributed by atoms with E-state index >= 15 is 0 Å². The van der Waals surface area contributed by atoms with Gasteiger partial charge in [0.25, 0.3) is 11.1 Å². The monoisotopic (exact) mass is 253 g/mol. The minimum atomic E-state index is -0.307. The Balaban J connectivity index is 2.18. The molecular formula is C14H11N3O2. The van der Waals surface area contributed by atoms with E-state index < -0.39 is 0 Å². The average Bonchev–Trinajstić information content (AvgIpc) is 2.46. The van der Waals surface area contributed by atoms with Crippen molar-refractivity contribution in [1.29, 1.82) is 0 Å². The summed E-state index contributed by atoms with van der Waals surface area (Å²) < 4.78 is 0. The lowest BCUT2D eigenvalue weighted by Gasteiger charge is -2.09. The highest BCUT2D eigenvalue weighted by molar-refractivity contribution is 5.80. The van der Waals surface area contributed by atoms with Gasteiger partial charge in [-0.15, -0.1) is 0 Å². The molecule has 5 nitrogen and oxygen atoms in total. The number of aromatic amines is 1. The van der Waals surface area contributed by atoms with Crippen molar-refractivity contribution >= 4 is 16.5 Å². The number of fused-ring (bicyclic) bond motifs is 1. The highest BCUT2D eigenvalue weighted by atomic mass is 16.2. The highest BCUT2D eigenvalue weighted by Gasteiger charge is 2.06. The quantitative estimate of drug-likeness (QED) is 0.728. The first-order chi connectivity index (χ1) is 9.25. The van der Waals surface area contributed by atoms with Crippen molar-refractivity contribution in [2.75, 3.05) is 5.43 Å². The first kappa shape index (κ1) is 11.3. The Kier molecular flexibility index (Phi) is 2.64. The number of hydrogen-bond acceptors (Lipinski definition) is 3. The molecule has 0 aliphatic heterocycles. The molecule has 1 aromatic heterocycles. The standard InChI is InChI=1S/C14H11N3O2/c18-13-11-8-4-5-9-12(11)14(19)17(16-13)15-10-6-2-1-3-7-10/h1-9,15H,(H,16,18). The summed E-state index contributed by atoms with van der Waals surface area (Å²) in [6, 6.07) is 15.9. The molecule has 0 amide bonds. The van der Waals surface area contributed by atoms with Gasteiger partial charge in [-0.1, -0.05) is 30.3 Å². The molecule has 0 spiro atoms. The topological polar surface area (TPSA) is 66.9 Å². The summed E-state index contributed by atoms with van der Waals surface area (Å²) >= 11 is 0. The van der Waals surface area contributed by atoms with Gasteiger partial charge >= 0.3 is 0 Å². The number of nitrogens with zero attached hydrogens (tertiary/aromatic N) is 1. The Morgan fingerprint density at radius 3 is 2.21 bits per heavy atom. The number of aromatic nitrogens is 2. The van der Waals surface area contributed by atoms with Gasteiger partial charge in [0.1, 0.15) is 0 Å². The Morgan fingerprint density at radius 1 is 0.842 bits per heavy atom. The van der Waals surface area contributed by atoms with Crippen LogP contribution in [0.4, 0.5) is 5.69 Å². The van der Waals surface area contributed by atoms with Crippen molar-refractivity contribution in [3.05, 3.63) is 75.3 Å². The fourth-order valence-electron chi connectivity index (χ4n) is 1.92. The molecule has 0 aliphatic carbocycles. The van der Waals surface area contributed by atoms with Crippen molar-refractivity contribution < 1.29 is 0 Å². The van der Waals surface area contributed by atoms with Gasteiger partial charge < -0.3 is 0 Å². The minimum Gasteiger partial charge on any atom is -0.277 e. The van der Waals surface area contributed by atoms with E-state index in [2.05, 4.69) is 10.5 Å². The summed E-state index contributed by atoms with van der Waals surface area (Å²) in [5.41, 5.74) is 2.97. The van der Waals surface area contributed by atoms with Crippen LogP contribution in [-0.4, -0.2) is 9.89 Å². The normalized spacial score (nSPS) is 10.5. The molecule has 1 heterocycles. The predicted octanol–water partition coefficient (Wildman–Crippen LogP) is 1.56. The summed E-state index contributed by atoms with van der Waals surface area (Å²) in [7, 11) is 0. The van der Waals surface area contributed by atoms with Crippen molar-refractivity contribution in [3.63, 3.8) is 0 Å². The number of rotatable bonds is 2. The number of para-hydroxylation sites is 1. The van der Waals surface area contributed by atoms with Crippen LogP contribution >= 0.6 is 0 Å². The number of nitrogens with one attached hydrogen (secondary N) is 2. The molecule has 94 valence electrons.